The van der Waals surface area contributed by atoms with Crippen LogP contribution in [-0.4, -0.2) is 54.8 Å². The molecule has 3 rings (SSSR count). The smallest absolute Gasteiger partial charge is 0.243 e. The largest absolute Gasteiger partial charge is 0.354 e. The van der Waals surface area contributed by atoms with Gasteiger partial charge in [0, 0.05) is 31.1 Å². The van der Waals surface area contributed by atoms with Gasteiger partial charge in [0.25, 0.3) is 0 Å². The summed E-state index contributed by atoms with van der Waals surface area (Å²) in [4.78, 5) is 29.1. The predicted octanol–water partition coefficient (Wildman–Crippen LogP) is 5.05. The van der Waals surface area contributed by atoms with Crippen molar-refractivity contribution in [3.63, 3.8) is 0 Å². The van der Waals surface area contributed by atoms with E-state index in [1.54, 1.807) is 24.3 Å². The van der Waals surface area contributed by atoms with Crippen LogP contribution in [0.3, 0.4) is 0 Å². The van der Waals surface area contributed by atoms with Crippen LogP contribution in [0.2, 0.25) is 5.02 Å². The third-order valence-electron chi connectivity index (χ3n) is 6.60. The molecule has 0 fully saturated rings. The van der Waals surface area contributed by atoms with Gasteiger partial charge in [-0.1, -0.05) is 104 Å². The Kier molecular flexibility index (Phi) is 12.2. The molecule has 40 heavy (non-hydrogen) atoms. The summed E-state index contributed by atoms with van der Waals surface area (Å²) >= 11 is 6.09. The number of unbranched alkanes of at least 4 members (excludes halogenated alkanes) is 2. The van der Waals surface area contributed by atoms with Crippen molar-refractivity contribution in [2.75, 3.05) is 19.3 Å². The second kappa shape index (κ2) is 15.6. The fourth-order valence-electron chi connectivity index (χ4n) is 4.36. The molecule has 0 saturated heterocycles. The highest BCUT2D eigenvalue weighted by atomic mass is 35.5. The van der Waals surface area contributed by atoms with Crippen molar-refractivity contribution >= 4 is 33.4 Å². The SMILES string of the molecule is CCCCCNC(=O)[C@@H](Cc1ccccc1)N(Cc1ccc(Cl)cc1)C(=O)CN(Cc1ccccc1)S(C)(=O)=O. The molecule has 0 heterocycles. The van der Waals surface area contributed by atoms with Crippen LogP contribution in [0.4, 0.5) is 0 Å². The third-order valence-corrected chi connectivity index (χ3v) is 8.05. The van der Waals surface area contributed by atoms with Gasteiger partial charge >= 0.3 is 0 Å². The number of benzene rings is 3. The number of sulfonamides is 1. The second-order valence-electron chi connectivity index (χ2n) is 9.87. The lowest BCUT2D eigenvalue weighted by Gasteiger charge is -2.33. The minimum atomic E-state index is -3.73. The Morgan fingerprint density at radius 1 is 0.825 bits per heavy atom. The molecular formula is C31H38ClN3O4S. The minimum absolute atomic E-state index is 0.0484. The molecular weight excluding hydrogens is 546 g/mol. The first kappa shape index (κ1) is 31.3. The van der Waals surface area contributed by atoms with Crippen LogP contribution in [0.15, 0.2) is 84.9 Å². The summed E-state index contributed by atoms with van der Waals surface area (Å²) in [5, 5.41) is 3.56. The summed E-state index contributed by atoms with van der Waals surface area (Å²) in [6.07, 6.45) is 4.23. The molecule has 0 unspecified atom stereocenters. The van der Waals surface area contributed by atoms with Crippen molar-refractivity contribution in [2.24, 2.45) is 0 Å². The molecule has 1 atom stereocenters. The van der Waals surface area contributed by atoms with E-state index in [0.717, 1.165) is 46.5 Å². The maximum Gasteiger partial charge on any atom is 0.243 e. The molecule has 0 aliphatic heterocycles. The Bertz CT molecular complexity index is 1320. The lowest BCUT2D eigenvalue weighted by atomic mass is 10.0. The van der Waals surface area contributed by atoms with Crippen LogP contribution in [0, 0.1) is 0 Å². The first-order valence-corrected chi connectivity index (χ1v) is 15.7. The minimum Gasteiger partial charge on any atom is -0.354 e. The molecule has 0 bridgehead atoms. The van der Waals surface area contributed by atoms with Gasteiger partial charge in [0.1, 0.15) is 6.04 Å². The summed E-state index contributed by atoms with van der Waals surface area (Å²) < 4.78 is 26.6. The molecule has 0 aliphatic carbocycles. The summed E-state index contributed by atoms with van der Waals surface area (Å²) in [5.41, 5.74) is 2.44. The van der Waals surface area contributed by atoms with E-state index in [0.29, 0.717) is 11.6 Å². The van der Waals surface area contributed by atoms with E-state index >= 15 is 0 Å². The van der Waals surface area contributed by atoms with E-state index in [9.17, 15) is 18.0 Å². The molecule has 7 nitrogen and oxygen atoms in total. The molecule has 214 valence electrons. The van der Waals surface area contributed by atoms with Crippen LogP contribution in [0.1, 0.15) is 42.9 Å². The molecule has 9 heteroatoms. The van der Waals surface area contributed by atoms with E-state index < -0.39 is 28.5 Å². The zero-order valence-electron chi connectivity index (χ0n) is 23.1. The van der Waals surface area contributed by atoms with Gasteiger partial charge in [-0.15, -0.1) is 0 Å². The van der Waals surface area contributed by atoms with E-state index in [-0.39, 0.29) is 25.4 Å². The normalized spacial score (nSPS) is 12.2. The van der Waals surface area contributed by atoms with Crippen molar-refractivity contribution in [1.82, 2.24) is 14.5 Å². The Balaban J connectivity index is 1.95. The van der Waals surface area contributed by atoms with E-state index in [1.807, 2.05) is 60.7 Å². The van der Waals surface area contributed by atoms with Gasteiger partial charge in [-0.2, -0.15) is 4.31 Å². The summed E-state index contributed by atoms with van der Waals surface area (Å²) in [7, 11) is -3.73. The Labute approximate surface area is 243 Å². The van der Waals surface area contributed by atoms with Gasteiger partial charge in [0.05, 0.1) is 12.8 Å². The van der Waals surface area contributed by atoms with Crippen molar-refractivity contribution in [3.05, 3.63) is 107 Å². The quantitative estimate of drug-likeness (QED) is 0.254. The van der Waals surface area contributed by atoms with Crippen molar-refractivity contribution in [1.29, 1.82) is 0 Å². The Morgan fingerprint density at radius 2 is 1.40 bits per heavy atom. The third kappa shape index (κ3) is 10.1. The molecule has 0 aliphatic rings. The van der Waals surface area contributed by atoms with Crippen molar-refractivity contribution in [3.8, 4) is 0 Å². The number of carbonyl (C=O) groups is 2. The number of halogens is 1. The zero-order chi connectivity index (χ0) is 29.0. The molecule has 2 amide bonds. The Morgan fingerprint density at radius 3 is 1.98 bits per heavy atom. The fourth-order valence-corrected chi connectivity index (χ4v) is 5.22. The first-order chi connectivity index (χ1) is 19.2. The van der Waals surface area contributed by atoms with Crippen LogP contribution in [0.5, 0.6) is 0 Å². The van der Waals surface area contributed by atoms with Crippen molar-refractivity contribution < 1.29 is 18.0 Å². The standard InChI is InChI=1S/C31H38ClN3O4S/c1-3-4-11-20-33-31(37)29(21-25-12-7-5-8-13-25)35(23-27-16-18-28(32)19-17-27)30(36)24-34(40(2,38)39)22-26-14-9-6-10-15-26/h5-10,12-19,29H,3-4,11,20-24H2,1-2H3,(H,33,37)/t29-/m1/s1. The number of hydrogen-bond acceptors (Lipinski definition) is 4. The zero-order valence-corrected chi connectivity index (χ0v) is 24.7. The van der Waals surface area contributed by atoms with Gasteiger partial charge in [-0.05, 0) is 35.2 Å². The summed E-state index contributed by atoms with van der Waals surface area (Å²) in [6, 6.07) is 24.9. The number of hydrogen-bond donors (Lipinski definition) is 1. The topological polar surface area (TPSA) is 86.8 Å². The van der Waals surface area contributed by atoms with Gasteiger partial charge in [0.2, 0.25) is 21.8 Å². The highest BCUT2D eigenvalue weighted by Gasteiger charge is 2.32. The lowest BCUT2D eigenvalue weighted by molar-refractivity contribution is -0.141. The molecule has 3 aromatic rings. The molecule has 3 aromatic carbocycles. The summed E-state index contributed by atoms with van der Waals surface area (Å²) in [6.45, 7) is 2.38. The molecule has 0 spiro atoms. The predicted molar refractivity (Wildman–Crippen MR) is 160 cm³/mol. The number of carbonyl (C=O) groups excluding carboxylic acids is 2. The number of nitrogens with zero attached hydrogens (tertiary/aromatic N) is 2. The van der Waals surface area contributed by atoms with E-state index in [2.05, 4.69) is 12.2 Å². The van der Waals surface area contributed by atoms with Crippen LogP contribution < -0.4 is 5.32 Å². The molecule has 0 radical (unpaired) electrons. The van der Waals surface area contributed by atoms with Crippen LogP contribution in [-0.2, 0) is 39.1 Å². The molecule has 0 saturated carbocycles. The average Bonchev–Trinajstić information content (AvgIpc) is 2.94. The van der Waals surface area contributed by atoms with Gasteiger partial charge in [-0.25, -0.2) is 8.42 Å². The highest BCUT2D eigenvalue weighted by molar-refractivity contribution is 7.88. The molecule has 0 aromatic heterocycles. The maximum atomic E-state index is 14.0. The highest BCUT2D eigenvalue weighted by Crippen LogP contribution is 2.18. The first-order valence-electron chi connectivity index (χ1n) is 13.5. The van der Waals surface area contributed by atoms with E-state index in [1.165, 1.54) is 4.90 Å². The number of rotatable bonds is 15. The molecule has 1 N–H and O–H groups in total. The lowest BCUT2D eigenvalue weighted by Crippen LogP contribution is -2.53. The number of amides is 2. The average molecular weight is 584 g/mol. The van der Waals surface area contributed by atoms with E-state index in [4.69, 9.17) is 11.6 Å². The van der Waals surface area contributed by atoms with Crippen molar-refractivity contribution in [2.45, 2.75) is 51.7 Å². The van der Waals surface area contributed by atoms with Crippen LogP contribution in [0.25, 0.3) is 0 Å². The van der Waals surface area contributed by atoms with Gasteiger partial charge < -0.3 is 10.2 Å². The maximum absolute atomic E-state index is 14.0. The summed E-state index contributed by atoms with van der Waals surface area (Å²) in [5.74, 6) is -0.725. The second-order valence-corrected chi connectivity index (χ2v) is 12.3. The number of nitrogens with one attached hydrogen (secondary N) is 1. The van der Waals surface area contributed by atoms with Gasteiger partial charge in [-0.3, -0.25) is 9.59 Å². The Hall–Kier alpha value is -3.20. The monoisotopic (exact) mass is 583 g/mol. The van der Waals surface area contributed by atoms with Crippen LogP contribution >= 0.6 is 11.6 Å². The van der Waals surface area contributed by atoms with Gasteiger partial charge in [0.15, 0.2) is 0 Å². The fraction of sp³-hybridized carbons (Fsp3) is 0.355.